The summed E-state index contributed by atoms with van der Waals surface area (Å²) in [7, 11) is 2.19. The monoisotopic (exact) mass is 205 g/mol. The molecule has 82 valence electrons. The molecule has 0 saturated carbocycles. The highest BCUT2D eigenvalue weighted by molar-refractivity contribution is 5.14. The zero-order chi connectivity index (χ0) is 10.5. The highest BCUT2D eigenvalue weighted by Crippen LogP contribution is 2.14. The Hall–Kier alpha value is -0.860. The van der Waals surface area contributed by atoms with Crippen LogP contribution in [0.5, 0.6) is 0 Å². The summed E-state index contributed by atoms with van der Waals surface area (Å²) >= 11 is 0. The first kappa shape index (κ1) is 10.7. The van der Waals surface area contributed by atoms with Crippen LogP contribution >= 0.6 is 0 Å². The molecule has 15 heavy (non-hydrogen) atoms. The summed E-state index contributed by atoms with van der Waals surface area (Å²) in [5.74, 6) is 0. The lowest BCUT2D eigenvalue weighted by molar-refractivity contribution is 0.0250. The maximum Gasteiger partial charge on any atom is 0.0621 e. The average Bonchev–Trinajstić information content (AvgIpc) is 2.31. The molecule has 2 rings (SSSR count). The van der Waals surface area contributed by atoms with E-state index in [0.29, 0.717) is 6.04 Å². The van der Waals surface area contributed by atoms with Crippen LogP contribution in [0.4, 0.5) is 0 Å². The normalized spacial score (nSPS) is 21.9. The number of likely N-dealkylation sites (N-methyl/N-ethyl adjacent to an activating group) is 1. The molecule has 0 bridgehead atoms. The van der Waals surface area contributed by atoms with Gasteiger partial charge in [0.25, 0.3) is 0 Å². The van der Waals surface area contributed by atoms with Gasteiger partial charge in [-0.15, -0.1) is 0 Å². The fraction of sp³-hybridized carbons (Fsp3) is 0.538. The van der Waals surface area contributed by atoms with Crippen molar-refractivity contribution in [2.45, 2.75) is 25.4 Å². The third-order valence-corrected chi connectivity index (χ3v) is 3.03. The molecule has 1 unspecified atom stereocenters. The molecule has 1 heterocycles. The fourth-order valence-electron chi connectivity index (χ4n) is 2.07. The highest BCUT2D eigenvalue weighted by Gasteiger charge is 2.18. The molecule has 1 atom stereocenters. The number of ether oxygens (including phenoxy) is 1. The van der Waals surface area contributed by atoms with Crippen molar-refractivity contribution >= 4 is 0 Å². The van der Waals surface area contributed by atoms with E-state index in [1.165, 1.54) is 18.4 Å². The predicted molar refractivity (Wildman–Crippen MR) is 61.8 cm³/mol. The van der Waals surface area contributed by atoms with Gasteiger partial charge in [0, 0.05) is 19.2 Å². The summed E-state index contributed by atoms with van der Waals surface area (Å²) in [5, 5.41) is 0. The summed E-state index contributed by atoms with van der Waals surface area (Å²) in [5.41, 5.74) is 1.38. The molecular formula is C13H19NO. The van der Waals surface area contributed by atoms with E-state index in [-0.39, 0.29) is 0 Å². The van der Waals surface area contributed by atoms with Gasteiger partial charge in [0.05, 0.1) is 6.61 Å². The summed E-state index contributed by atoms with van der Waals surface area (Å²) in [4.78, 5) is 2.40. The number of nitrogens with zero attached hydrogens (tertiary/aromatic N) is 1. The van der Waals surface area contributed by atoms with Crippen molar-refractivity contribution in [1.82, 2.24) is 4.90 Å². The van der Waals surface area contributed by atoms with Gasteiger partial charge in [0.1, 0.15) is 0 Å². The Morgan fingerprint density at radius 2 is 2.13 bits per heavy atom. The summed E-state index contributed by atoms with van der Waals surface area (Å²) in [6.07, 6.45) is 2.47. The van der Waals surface area contributed by atoms with E-state index in [0.717, 1.165) is 19.8 Å². The van der Waals surface area contributed by atoms with Gasteiger partial charge in [-0.25, -0.2) is 0 Å². The van der Waals surface area contributed by atoms with E-state index in [9.17, 15) is 0 Å². The van der Waals surface area contributed by atoms with E-state index in [1.807, 2.05) is 0 Å². The first-order valence-corrected chi connectivity index (χ1v) is 5.68. The van der Waals surface area contributed by atoms with Gasteiger partial charge in [-0.3, -0.25) is 4.90 Å². The van der Waals surface area contributed by atoms with Crippen molar-refractivity contribution < 1.29 is 4.74 Å². The maximum atomic E-state index is 5.50. The molecule has 0 radical (unpaired) electrons. The van der Waals surface area contributed by atoms with E-state index < -0.39 is 0 Å². The van der Waals surface area contributed by atoms with Crippen LogP contribution in [0.25, 0.3) is 0 Å². The largest absolute Gasteiger partial charge is 0.380 e. The summed E-state index contributed by atoms with van der Waals surface area (Å²) in [6.45, 7) is 2.86. The smallest absolute Gasteiger partial charge is 0.0621 e. The van der Waals surface area contributed by atoms with Gasteiger partial charge < -0.3 is 4.74 Å². The SMILES string of the molecule is CN(Cc1ccccc1)C1CCCOC1. The van der Waals surface area contributed by atoms with E-state index in [4.69, 9.17) is 4.74 Å². The molecule has 1 fully saturated rings. The molecule has 0 aliphatic carbocycles. The van der Waals surface area contributed by atoms with E-state index in [2.05, 4.69) is 42.3 Å². The molecule has 2 heteroatoms. The second kappa shape index (κ2) is 5.29. The molecule has 0 spiro atoms. The molecule has 2 nitrogen and oxygen atoms in total. The number of hydrogen-bond donors (Lipinski definition) is 0. The van der Waals surface area contributed by atoms with Crippen LogP contribution < -0.4 is 0 Å². The van der Waals surface area contributed by atoms with Gasteiger partial charge in [-0.05, 0) is 25.5 Å². The molecule has 1 aromatic rings. The van der Waals surface area contributed by atoms with Gasteiger partial charge >= 0.3 is 0 Å². The Kier molecular flexibility index (Phi) is 3.75. The van der Waals surface area contributed by atoms with Crippen molar-refractivity contribution in [2.75, 3.05) is 20.3 Å². The van der Waals surface area contributed by atoms with Crippen LogP contribution in [0, 0.1) is 0 Å². The second-order valence-electron chi connectivity index (χ2n) is 4.27. The molecule has 1 aliphatic heterocycles. The Morgan fingerprint density at radius 3 is 2.80 bits per heavy atom. The minimum atomic E-state index is 0.596. The standard InChI is InChI=1S/C13H19NO/c1-14(13-8-5-9-15-11-13)10-12-6-3-2-4-7-12/h2-4,6-7,13H,5,8-11H2,1H3. The molecule has 0 aromatic heterocycles. The maximum absolute atomic E-state index is 5.50. The predicted octanol–water partition coefficient (Wildman–Crippen LogP) is 2.30. The van der Waals surface area contributed by atoms with E-state index in [1.54, 1.807) is 0 Å². The fourth-order valence-corrected chi connectivity index (χ4v) is 2.07. The van der Waals surface area contributed by atoms with Crippen molar-refractivity contribution in [1.29, 1.82) is 0 Å². The zero-order valence-electron chi connectivity index (χ0n) is 9.36. The molecule has 0 amide bonds. The van der Waals surface area contributed by atoms with Crippen molar-refractivity contribution in [3.05, 3.63) is 35.9 Å². The first-order chi connectivity index (χ1) is 7.36. The minimum absolute atomic E-state index is 0.596. The lowest BCUT2D eigenvalue weighted by Crippen LogP contribution is -2.37. The Morgan fingerprint density at radius 1 is 1.33 bits per heavy atom. The molecule has 1 saturated heterocycles. The minimum Gasteiger partial charge on any atom is -0.380 e. The van der Waals surface area contributed by atoms with Crippen LogP contribution in [-0.2, 0) is 11.3 Å². The Balaban J connectivity index is 1.88. The lowest BCUT2D eigenvalue weighted by atomic mass is 10.1. The molecule has 1 aliphatic rings. The van der Waals surface area contributed by atoms with Crippen LogP contribution in [0.1, 0.15) is 18.4 Å². The number of benzene rings is 1. The topological polar surface area (TPSA) is 12.5 Å². The zero-order valence-corrected chi connectivity index (χ0v) is 9.36. The van der Waals surface area contributed by atoms with Gasteiger partial charge in [-0.2, -0.15) is 0 Å². The Bertz CT molecular complexity index is 280. The van der Waals surface area contributed by atoms with Gasteiger partial charge in [0.15, 0.2) is 0 Å². The van der Waals surface area contributed by atoms with Crippen LogP contribution in [0.15, 0.2) is 30.3 Å². The van der Waals surface area contributed by atoms with Crippen LogP contribution in [0.2, 0.25) is 0 Å². The van der Waals surface area contributed by atoms with Crippen LogP contribution in [0.3, 0.4) is 0 Å². The number of rotatable bonds is 3. The third kappa shape index (κ3) is 3.05. The second-order valence-corrected chi connectivity index (χ2v) is 4.27. The Labute approximate surface area is 91.9 Å². The summed E-state index contributed by atoms with van der Waals surface area (Å²) in [6, 6.07) is 11.2. The molecule has 1 aromatic carbocycles. The van der Waals surface area contributed by atoms with Gasteiger partial charge in [0.2, 0.25) is 0 Å². The number of hydrogen-bond acceptors (Lipinski definition) is 2. The van der Waals surface area contributed by atoms with Gasteiger partial charge in [-0.1, -0.05) is 30.3 Å². The van der Waals surface area contributed by atoms with Crippen molar-refractivity contribution in [3.63, 3.8) is 0 Å². The first-order valence-electron chi connectivity index (χ1n) is 5.68. The van der Waals surface area contributed by atoms with E-state index >= 15 is 0 Å². The lowest BCUT2D eigenvalue weighted by Gasteiger charge is -2.31. The quantitative estimate of drug-likeness (QED) is 0.750. The average molecular weight is 205 g/mol. The van der Waals surface area contributed by atoms with Crippen molar-refractivity contribution in [2.24, 2.45) is 0 Å². The highest BCUT2D eigenvalue weighted by atomic mass is 16.5. The molecule has 0 N–H and O–H groups in total. The van der Waals surface area contributed by atoms with Crippen LogP contribution in [-0.4, -0.2) is 31.2 Å². The van der Waals surface area contributed by atoms with Crippen molar-refractivity contribution in [3.8, 4) is 0 Å². The summed E-state index contributed by atoms with van der Waals surface area (Å²) < 4.78 is 5.50. The molecular weight excluding hydrogens is 186 g/mol. The third-order valence-electron chi connectivity index (χ3n) is 3.03.